The summed E-state index contributed by atoms with van der Waals surface area (Å²) < 4.78 is 0. The lowest BCUT2D eigenvalue weighted by molar-refractivity contribution is 0.0943. The molecule has 0 spiro atoms. The molecule has 0 heterocycles. The van der Waals surface area contributed by atoms with E-state index in [-0.39, 0.29) is 24.5 Å². The number of nitrogens with one attached hydrogen (secondary N) is 1. The molecule has 102 valence electrons. The number of carbonyl (C=O) groups is 1. The first-order valence-corrected chi connectivity index (χ1v) is 6.86. The fraction of sp³-hybridized carbons (Fsp3) is 0.235. The van der Waals surface area contributed by atoms with Crippen LogP contribution in [-0.4, -0.2) is 23.7 Å². The lowest BCUT2D eigenvalue weighted by atomic mass is 10.0. The molecule has 0 saturated heterocycles. The van der Waals surface area contributed by atoms with E-state index in [0.717, 1.165) is 17.2 Å². The van der Waals surface area contributed by atoms with Crippen LogP contribution < -0.4 is 5.32 Å². The normalized spacial score (nSPS) is 21.2. The van der Waals surface area contributed by atoms with Crippen LogP contribution in [0.25, 0.3) is 10.8 Å². The molecule has 1 aliphatic carbocycles. The molecule has 2 aromatic rings. The number of fused-ring (bicyclic) bond motifs is 1. The van der Waals surface area contributed by atoms with E-state index in [4.69, 9.17) is 5.11 Å². The highest BCUT2D eigenvalue weighted by molar-refractivity contribution is 6.07. The molecule has 3 heteroatoms. The Balaban J connectivity index is 1.81. The first-order valence-electron chi connectivity index (χ1n) is 6.86. The summed E-state index contributed by atoms with van der Waals surface area (Å²) in [7, 11) is 0. The van der Waals surface area contributed by atoms with E-state index < -0.39 is 0 Å². The number of hydrogen-bond donors (Lipinski definition) is 2. The maximum atomic E-state index is 12.4. The Kier molecular flexibility index (Phi) is 3.52. The number of aliphatic hydroxyl groups is 1. The van der Waals surface area contributed by atoms with Crippen LogP contribution in [0.2, 0.25) is 0 Å². The fourth-order valence-electron chi connectivity index (χ4n) is 2.69. The summed E-state index contributed by atoms with van der Waals surface area (Å²) in [6, 6.07) is 13.6. The van der Waals surface area contributed by atoms with Crippen molar-refractivity contribution in [1.29, 1.82) is 0 Å². The molecule has 0 radical (unpaired) electrons. The molecule has 0 fully saturated rings. The highest BCUT2D eigenvalue weighted by Crippen LogP contribution is 2.20. The third kappa shape index (κ3) is 2.45. The summed E-state index contributed by atoms with van der Waals surface area (Å²) in [4.78, 5) is 12.4. The number of carbonyl (C=O) groups excluding carboxylic acids is 1. The van der Waals surface area contributed by atoms with Gasteiger partial charge in [-0.3, -0.25) is 4.79 Å². The number of aliphatic hydroxyl groups excluding tert-OH is 1. The van der Waals surface area contributed by atoms with Crippen LogP contribution in [0, 0.1) is 5.92 Å². The molecule has 2 N–H and O–H groups in total. The first kappa shape index (κ1) is 12.9. The number of hydrogen-bond acceptors (Lipinski definition) is 2. The smallest absolute Gasteiger partial charge is 0.252 e. The standard InChI is InChI=1S/C17H17NO2/c19-11-12-8-9-14(10-12)18-17(20)16-7-3-5-13-4-1-2-6-15(13)16/h1-9,12,14,19H,10-11H2,(H,18,20)/t12-,14+/m0/s1. The molecule has 1 amide bonds. The summed E-state index contributed by atoms with van der Waals surface area (Å²) in [5, 5.41) is 14.2. The van der Waals surface area contributed by atoms with Gasteiger partial charge < -0.3 is 10.4 Å². The second kappa shape index (κ2) is 5.47. The number of amides is 1. The van der Waals surface area contributed by atoms with Crippen molar-refractivity contribution < 1.29 is 9.90 Å². The zero-order chi connectivity index (χ0) is 13.9. The summed E-state index contributed by atoms with van der Waals surface area (Å²) >= 11 is 0. The summed E-state index contributed by atoms with van der Waals surface area (Å²) in [5.74, 6) is 0.0999. The van der Waals surface area contributed by atoms with Crippen molar-refractivity contribution in [3.05, 3.63) is 60.2 Å². The van der Waals surface area contributed by atoms with Crippen molar-refractivity contribution >= 4 is 16.7 Å². The Bertz CT molecular complexity index is 658. The van der Waals surface area contributed by atoms with Gasteiger partial charge in [0.25, 0.3) is 5.91 Å². The second-order valence-corrected chi connectivity index (χ2v) is 5.17. The van der Waals surface area contributed by atoms with Crippen molar-refractivity contribution in [3.8, 4) is 0 Å². The number of rotatable bonds is 3. The van der Waals surface area contributed by atoms with Gasteiger partial charge in [-0.15, -0.1) is 0 Å². The van der Waals surface area contributed by atoms with Crippen molar-refractivity contribution in [2.24, 2.45) is 5.92 Å². The monoisotopic (exact) mass is 267 g/mol. The third-order valence-electron chi connectivity index (χ3n) is 3.76. The van der Waals surface area contributed by atoms with E-state index in [1.807, 2.05) is 54.6 Å². The molecule has 0 bridgehead atoms. The van der Waals surface area contributed by atoms with Gasteiger partial charge in [-0.05, 0) is 23.3 Å². The van der Waals surface area contributed by atoms with Crippen LogP contribution in [0.4, 0.5) is 0 Å². The van der Waals surface area contributed by atoms with Gasteiger partial charge in [0.2, 0.25) is 0 Å². The van der Waals surface area contributed by atoms with Gasteiger partial charge >= 0.3 is 0 Å². The van der Waals surface area contributed by atoms with Gasteiger partial charge in [0.1, 0.15) is 0 Å². The largest absolute Gasteiger partial charge is 0.396 e. The van der Waals surface area contributed by atoms with Crippen molar-refractivity contribution in [1.82, 2.24) is 5.32 Å². The van der Waals surface area contributed by atoms with Gasteiger partial charge in [0.05, 0.1) is 0 Å². The van der Waals surface area contributed by atoms with E-state index in [1.165, 1.54) is 0 Å². The van der Waals surface area contributed by atoms with Crippen LogP contribution in [0.5, 0.6) is 0 Å². The third-order valence-corrected chi connectivity index (χ3v) is 3.76. The van der Waals surface area contributed by atoms with Crippen LogP contribution in [0.3, 0.4) is 0 Å². The fourth-order valence-corrected chi connectivity index (χ4v) is 2.69. The Hall–Kier alpha value is -2.13. The van der Waals surface area contributed by atoms with Gasteiger partial charge in [-0.25, -0.2) is 0 Å². The van der Waals surface area contributed by atoms with Crippen molar-refractivity contribution in [2.45, 2.75) is 12.5 Å². The predicted molar refractivity (Wildman–Crippen MR) is 79.5 cm³/mol. The zero-order valence-corrected chi connectivity index (χ0v) is 11.1. The molecule has 2 atom stereocenters. The van der Waals surface area contributed by atoms with E-state index in [1.54, 1.807) is 0 Å². The van der Waals surface area contributed by atoms with Crippen LogP contribution >= 0.6 is 0 Å². The van der Waals surface area contributed by atoms with Gasteiger partial charge in [0, 0.05) is 24.1 Å². The quantitative estimate of drug-likeness (QED) is 0.839. The number of benzene rings is 2. The average molecular weight is 267 g/mol. The maximum Gasteiger partial charge on any atom is 0.252 e. The highest BCUT2D eigenvalue weighted by Gasteiger charge is 2.20. The second-order valence-electron chi connectivity index (χ2n) is 5.17. The maximum absolute atomic E-state index is 12.4. The lowest BCUT2D eigenvalue weighted by Crippen LogP contribution is -2.33. The molecule has 0 unspecified atom stereocenters. The van der Waals surface area contributed by atoms with Gasteiger partial charge in [0.15, 0.2) is 0 Å². The van der Waals surface area contributed by atoms with Gasteiger partial charge in [-0.1, -0.05) is 48.6 Å². The van der Waals surface area contributed by atoms with Crippen molar-refractivity contribution in [3.63, 3.8) is 0 Å². The minimum atomic E-state index is -0.0601. The van der Waals surface area contributed by atoms with Gasteiger partial charge in [-0.2, -0.15) is 0 Å². The van der Waals surface area contributed by atoms with Crippen LogP contribution in [-0.2, 0) is 0 Å². The van der Waals surface area contributed by atoms with E-state index in [0.29, 0.717) is 5.56 Å². The first-order chi connectivity index (χ1) is 9.78. The Morgan fingerprint density at radius 1 is 1.15 bits per heavy atom. The molecule has 0 aromatic heterocycles. The Morgan fingerprint density at radius 2 is 1.95 bits per heavy atom. The predicted octanol–water partition coefficient (Wildman–Crippen LogP) is 2.51. The minimum Gasteiger partial charge on any atom is -0.396 e. The van der Waals surface area contributed by atoms with E-state index in [2.05, 4.69) is 5.32 Å². The zero-order valence-electron chi connectivity index (χ0n) is 11.1. The molecule has 3 rings (SSSR count). The SMILES string of the molecule is O=C(N[C@@H]1C=C[C@H](CO)C1)c1cccc2ccccc12. The van der Waals surface area contributed by atoms with E-state index in [9.17, 15) is 4.79 Å². The summed E-state index contributed by atoms with van der Waals surface area (Å²) in [5.41, 5.74) is 0.698. The average Bonchev–Trinajstić information content (AvgIpc) is 2.94. The molecule has 0 aliphatic heterocycles. The molecule has 3 nitrogen and oxygen atoms in total. The lowest BCUT2D eigenvalue weighted by Gasteiger charge is -2.14. The molecular weight excluding hydrogens is 250 g/mol. The van der Waals surface area contributed by atoms with Crippen molar-refractivity contribution in [2.75, 3.05) is 6.61 Å². The molecular formula is C17H17NO2. The van der Waals surface area contributed by atoms with Crippen LogP contribution in [0.15, 0.2) is 54.6 Å². The summed E-state index contributed by atoms with van der Waals surface area (Å²) in [6.07, 6.45) is 4.70. The Labute approximate surface area is 117 Å². The molecule has 2 aromatic carbocycles. The molecule has 1 aliphatic rings. The topological polar surface area (TPSA) is 49.3 Å². The molecule has 20 heavy (non-hydrogen) atoms. The summed E-state index contributed by atoms with van der Waals surface area (Å²) in [6.45, 7) is 0.136. The Morgan fingerprint density at radius 3 is 2.75 bits per heavy atom. The highest BCUT2D eigenvalue weighted by atomic mass is 16.3. The minimum absolute atomic E-state index is 0.0126. The van der Waals surface area contributed by atoms with E-state index >= 15 is 0 Å². The van der Waals surface area contributed by atoms with Crippen LogP contribution in [0.1, 0.15) is 16.8 Å². The molecule has 0 saturated carbocycles.